The first-order valence-corrected chi connectivity index (χ1v) is 8.30. The molecule has 0 bridgehead atoms. The first kappa shape index (κ1) is 19.0. The fraction of sp³-hybridized carbons (Fsp3) is 0.100. The van der Waals surface area contributed by atoms with Gasteiger partial charge < -0.3 is 15.3 Å². The van der Waals surface area contributed by atoms with Gasteiger partial charge in [0.15, 0.2) is 0 Å². The van der Waals surface area contributed by atoms with Crippen LogP contribution in [0.15, 0.2) is 73.3 Å². The van der Waals surface area contributed by atoms with E-state index in [4.69, 9.17) is 0 Å². The fourth-order valence-corrected chi connectivity index (χ4v) is 3.07. The number of nitrogens with one attached hydrogen (secondary N) is 1. The molecule has 2 aromatic carbocycles. The average molecular weight is 379 g/mol. The van der Waals surface area contributed by atoms with Crippen molar-refractivity contribution in [2.45, 2.75) is 5.60 Å². The van der Waals surface area contributed by atoms with Gasteiger partial charge in [-0.15, -0.1) is 6.58 Å². The summed E-state index contributed by atoms with van der Waals surface area (Å²) in [7, 11) is 0. The molecular formula is C20H17N3O5. The lowest BCUT2D eigenvalue weighted by atomic mass is 9.87. The SMILES string of the molecule is C=CCN1C(=O)C(O)(C(=C)C(=O)Nc2ccc([N+](=O)[O-])cc2)c2ccccc21. The summed E-state index contributed by atoms with van der Waals surface area (Å²) in [5.41, 5.74) is -1.71. The Morgan fingerprint density at radius 2 is 1.89 bits per heavy atom. The van der Waals surface area contributed by atoms with Crippen LogP contribution in [0.3, 0.4) is 0 Å². The standard InChI is InChI=1S/C20H17N3O5/c1-3-12-22-17-7-5-4-6-16(17)20(26,19(22)25)13(2)18(24)21-14-8-10-15(11-9-14)23(27)28/h3-11,26H,1-2,12H2,(H,21,24). The van der Waals surface area contributed by atoms with Gasteiger partial charge in [0.05, 0.1) is 16.2 Å². The Balaban J connectivity index is 1.90. The first-order valence-electron chi connectivity index (χ1n) is 8.30. The van der Waals surface area contributed by atoms with E-state index in [-0.39, 0.29) is 29.1 Å². The van der Waals surface area contributed by atoms with E-state index >= 15 is 0 Å². The topological polar surface area (TPSA) is 113 Å². The lowest BCUT2D eigenvalue weighted by Gasteiger charge is -2.24. The zero-order valence-corrected chi connectivity index (χ0v) is 14.8. The number of nitro groups is 1. The molecule has 0 fully saturated rings. The van der Waals surface area contributed by atoms with Crippen molar-refractivity contribution in [3.8, 4) is 0 Å². The van der Waals surface area contributed by atoms with Crippen LogP contribution in [0.25, 0.3) is 0 Å². The van der Waals surface area contributed by atoms with Crippen molar-refractivity contribution >= 4 is 28.9 Å². The Morgan fingerprint density at radius 1 is 1.25 bits per heavy atom. The molecule has 2 aromatic rings. The summed E-state index contributed by atoms with van der Waals surface area (Å²) in [5, 5.41) is 24.4. The van der Waals surface area contributed by atoms with Crippen molar-refractivity contribution in [3.05, 3.63) is 89.0 Å². The van der Waals surface area contributed by atoms with Crippen LogP contribution in [-0.4, -0.2) is 28.4 Å². The minimum Gasteiger partial charge on any atom is -0.372 e. The Morgan fingerprint density at radius 3 is 2.50 bits per heavy atom. The van der Waals surface area contributed by atoms with Crippen LogP contribution in [0.5, 0.6) is 0 Å². The highest BCUT2D eigenvalue weighted by Gasteiger charge is 2.53. The number of nitrogens with zero attached hydrogens (tertiary/aromatic N) is 2. The summed E-state index contributed by atoms with van der Waals surface area (Å²) in [6.07, 6.45) is 1.51. The highest BCUT2D eigenvalue weighted by molar-refractivity contribution is 6.17. The second kappa shape index (κ2) is 7.09. The molecule has 8 heteroatoms. The van der Waals surface area contributed by atoms with E-state index < -0.39 is 22.3 Å². The number of anilines is 2. The number of carbonyl (C=O) groups is 2. The van der Waals surface area contributed by atoms with Gasteiger partial charge in [-0.3, -0.25) is 19.7 Å². The Labute approximate surface area is 160 Å². The summed E-state index contributed by atoms with van der Waals surface area (Å²) >= 11 is 0. The van der Waals surface area contributed by atoms with E-state index in [9.17, 15) is 24.8 Å². The molecule has 0 saturated heterocycles. The van der Waals surface area contributed by atoms with Crippen molar-refractivity contribution in [1.82, 2.24) is 0 Å². The van der Waals surface area contributed by atoms with Crippen molar-refractivity contribution < 1.29 is 19.6 Å². The van der Waals surface area contributed by atoms with Crippen molar-refractivity contribution in [3.63, 3.8) is 0 Å². The zero-order chi connectivity index (χ0) is 20.5. The van der Waals surface area contributed by atoms with Crippen LogP contribution in [-0.2, 0) is 15.2 Å². The van der Waals surface area contributed by atoms with E-state index in [1.54, 1.807) is 24.3 Å². The van der Waals surface area contributed by atoms with Crippen molar-refractivity contribution in [1.29, 1.82) is 0 Å². The molecule has 1 unspecified atom stereocenters. The summed E-state index contributed by atoms with van der Waals surface area (Å²) in [4.78, 5) is 37.0. The molecular weight excluding hydrogens is 362 g/mol. The maximum atomic E-state index is 12.9. The van der Waals surface area contributed by atoms with E-state index in [0.29, 0.717) is 5.69 Å². The second-order valence-corrected chi connectivity index (χ2v) is 6.17. The van der Waals surface area contributed by atoms with Crippen LogP contribution in [0.4, 0.5) is 17.1 Å². The van der Waals surface area contributed by atoms with Crippen LogP contribution < -0.4 is 10.2 Å². The number of benzene rings is 2. The largest absolute Gasteiger partial charge is 0.372 e. The molecule has 28 heavy (non-hydrogen) atoms. The summed E-state index contributed by atoms with van der Waals surface area (Å²) < 4.78 is 0. The highest BCUT2D eigenvalue weighted by atomic mass is 16.6. The number of hydrogen-bond acceptors (Lipinski definition) is 5. The lowest BCUT2D eigenvalue weighted by molar-refractivity contribution is -0.384. The van der Waals surface area contributed by atoms with Gasteiger partial charge in [0.2, 0.25) is 5.60 Å². The first-order chi connectivity index (χ1) is 13.3. The normalized spacial score (nSPS) is 17.8. The molecule has 1 heterocycles. The minimum absolute atomic E-state index is 0.129. The summed E-state index contributed by atoms with van der Waals surface area (Å²) in [6, 6.07) is 11.7. The molecule has 1 atom stereocenters. The van der Waals surface area contributed by atoms with Crippen LogP contribution in [0, 0.1) is 10.1 Å². The van der Waals surface area contributed by atoms with Gasteiger partial charge in [-0.1, -0.05) is 30.9 Å². The molecule has 3 rings (SSSR count). The molecule has 1 aliphatic rings. The molecule has 8 nitrogen and oxygen atoms in total. The predicted octanol–water partition coefficient (Wildman–Crippen LogP) is 2.51. The monoisotopic (exact) mass is 379 g/mol. The number of rotatable bonds is 6. The smallest absolute Gasteiger partial charge is 0.269 e. The van der Waals surface area contributed by atoms with E-state index in [0.717, 1.165) is 0 Å². The maximum Gasteiger partial charge on any atom is 0.269 e. The van der Waals surface area contributed by atoms with Gasteiger partial charge in [-0.2, -0.15) is 0 Å². The Bertz CT molecular complexity index is 999. The molecule has 0 aromatic heterocycles. The average Bonchev–Trinajstić information content (AvgIpc) is 2.91. The number of hydrogen-bond donors (Lipinski definition) is 2. The second-order valence-electron chi connectivity index (χ2n) is 6.17. The molecule has 0 aliphatic carbocycles. The Hall–Kier alpha value is -3.78. The quantitative estimate of drug-likeness (QED) is 0.347. The molecule has 0 saturated carbocycles. The number of fused-ring (bicyclic) bond motifs is 1. The number of aliphatic hydroxyl groups is 1. The van der Waals surface area contributed by atoms with Crippen LogP contribution in [0.2, 0.25) is 0 Å². The van der Waals surface area contributed by atoms with E-state index in [1.165, 1.54) is 35.2 Å². The summed E-state index contributed by atoms with van der Waals surface area (Å²) in [5.74, 6) is -1.47. The van der Waals surface area contributed by atoms with Crippen molar-refractivity contribution in [2.24, 2.45) is 0 Å². The van der Waals surface area contributed by atoms with Crippen LogP contribution in [0.1, 0.15) is 5.56 Å². The lowest BCUT2D eigenvalue weighted by Crippen LogP contribution is -2.44. The number of para-hydroxylation sites is 1. The fourth-order valence-electron chi connectivity index (χ4n) is 3.07. The molecule has 2 amide bonds. The number of nitro benzene ring substituents is 1. The molecule has 0 spiro atoms. The molecule has 142 valence electrons. The van der Waals surface area contributed by atoms with Crippen molar-refractivity contribution in [2.75, 3.05) is 16.8 Å². The van der Waals surface area contributed by atoms with Gasteiger partial charge >= 0.3 is 0 Å². The molecule has 1 aliphatic heterocycles. The maximum absolute atomic E-state index is 12.9. The van der Waals surface area contributed by atoms with E-state index in [2.05, 4.69) is 18.5 Å². The van der Waals surface area contributed by atoms with Crippen LogP contribution >= 0.6 is 0 Å². The molecule has 2 N–H and O–H groups in total. The minimum atomic E-state index is -2.22. The Kier molecular flexibility index (Phi) is 4.81. The number of non-ortho nitro benzene ring substituents is 1. The third-order valence-electron chi connectivity index (χ3n) is 4.50. The zero-order valence-electron chi connectivity index (χ0n) is 14.8. The van der Waals surface area contributed by atoms with Gasteiger partial charge in [0.1, 0.15) is 0 Å². The van der Waals surface area contributed by atoms with Gasteiger partial charge in [0.25, 0.3) is 17.5 Å². The summed E-state index contributed by atoms with van der Waals surface area (Å²) in [6.45, 7) is 7.42. The number of carbonyl (C=O) groups excluding carboxylic acids is 2. The molecule has 0 radical (unpaired) electrons. The third-order valence-corrected chi connectivity index (χ3v) is 4.50. The number of amides is 2. The predicted molar refractivity (Wildman–Crippen MR) is 104 cm³/mol. The van der Waals surface area contributed by atoms with Gasteiger partial charge in [-0.05, 0) is 18.2 Å². The highest BCUT2D eigenvalue weighted by Crippen LogP contribution is 2.44. The third kappa shape index (κ3) is 2.95. The van der Waals surface area contributed by atoms with Gasteiger partial charge in [0, 0.05) is 29.9 Å². The van der Waals surface area contributed by atoms with E-state index in [1.807, 2.05) is 0 Å². The van der Waals surface area contributed by atoms with Gasteiger partial charge in [-0.25, -0.2) is 0 Å².